The monoisotopic (exact) mass is 329 g/mol. The second-order valence-corrected chi connectivity index (χ2v) is 8.14. The summed E-state index contributed by atoms with van der Waals surface area (Å²) in [4.78, 5) is 14.2. The highest BCUT2D eigenvalue weighted by Gasteiger charge is 2.30. The van der Waals surface area contributed by atoms with Crippen molar-refractivity contribution in [3.05, 3.63) is 35.4 Å². The van der Waals surface area contributed by atoms with Crippen molar-refractivity contribution in [3.8, 4) is 6.07 Å². The van der Waals surface area contributed by atoms with Crippen LogP contribution in [0.25, 0.3) is 0 Å². The molecule has 4 heteroatoms. The Morgan fingerprint density at radius 1 is 1.21 bits per heavy atom. The third-order valence-electron chi connectivity index (χ3n) is 4.47. The van der Waals surface area contributed by atoms with E-state index < -0.39 is 5.54 Å². The molecule has 1 atom stereocenters. The first kappa shape index (κ1) is 20.2. The van der Waals surface area contributed by atoms with Crippen LogP contribution in [0.4, 0.5) is 0 Å². The van der Waals surface area contributed by atoms with Crippen LogP contribution in [0.1, 0.15) is 52.7 Å². The third kappa shape index (κ3) is 5.65. The molecular weight excluding hydrogens is 298 g/mol. The normalized spacial score (nSPS) is 14.3. The maximum atomic E-state index is 12.2. The second-order valence-electron chi connectivity index (χ2n) is 8.14. The van der Waals surface area contributed by atoms with Gasteiger partial charge >= 0.3 is 0 Å². The van der Waals surface area contributed by atoms with Crippen LogP contribution in [0.2, 0.25) is 0 Å². The summed E-state index contributed by atoms with van der Waals surface area (Å²) in [5, 5.41) is 12.1. The van der Waals surface area contributed by atoms with Crippen molar-refractivity contribution in [3.63, 3.8) is 0 Å². The molecule has 0 aromatic heterocycles. The summed E-state index contributed by atoms with van der Waals surface area (Å²) in [7, 11) is 1.91. The number of rotatable bonds is 6. The first-order valence-corrected chi connectivity index (χ1v) is 8.48. The third-order valence-corrected chi connectivity index (χ3v) is 4.47. The van der Waals surface area contributed by atoms with E-state index in [9.17, 15) is 10.1 Å². The van der Waals surface area contributed by atoms with Crippen molar-refractivity contribution in [2.24, 2.45) is 5.92 Å². The molecule has 0 aliphatic heterocycles. The van der Waals surface area contributed by atoms with E-state index in [0.29, 0.717) is 6.54 Å². The number of carbonyl (C=O) groups excluding carboxylic acids is 1. The average molecular weight is 329 g/mol. The van der Waals surface area contributed by atoms with Crippen LogP contribution in [0.15, 0.2) is 24.3 Å². The van der Waals surface area contributed by atoms with E-state index in [1.165, 1.54) is 11.1 Å². The van der Waals surface area contributed by atoms with Crippen LogP contribution in [-0.2, 0) is 16.8 Å². The van der Waals surface area contributed by atoms with Crippen LogP contribution >= 0.6 is 0 Å². The van der Waals surface area contributed by atoms with E-state index in [-0.39, 0.29) is 23.8 Å². The molecule has 0 radical (unpaired) electrons. The molecule has 0 fully saturated rings. The lowest BCUT2D eigenvalue weighted by Gasteiger charge is -2.28. The SMILES string of the molecule is CC(C)[C@](C)(C#N)NC(=O)CN(C)Cc1ccc(C(C)(C)C)cc1. The minimum absolute atomic E-state index is 0.0571. The second kappa shape index (κ2) is 7.81. The summed E-state index contributed by atoms with van der Waals surface area (Å²) < 4.78 is 0. The largest absolute Gasteiger partial charge is 0.337 e. The highest BCUT2D eigenvalue weighted by Crippen LogP contribution is 2.22. The Labute approximate surface area is 146 Å². The Hall–Kier alpha value is -1.86. The van der Waals surface area contributed by atoms with Gasteiger partial charge in [-0.2, -0.15) is 5.26 Å². The molecule has 0 aliphatic rings. The van der Waals surface area contributed by atoms with E-state index in [4.69, 9.17) is 0 Å². The molecule has 0 spiro atoms. The molecule has 0 saturated carbocycles. The number of hydrogen-bond acceptors (Lipinski definition) is 3. The number of likely N-dealkylation sites (N-methyl/N-ethyl adjacent to an activating group) is 1. The first-order valence-electron chi connectivity index (χ1n) is 8.48. The summed E-state index contributed by atoms with van der Waals surface area (Å²) in [6.07, 6.45) is 0. The minimum atomic E-state index is -0.827. The maximum Gasteiger partial charge on any atom is 0.235 e. The van der Waals surface area contributed by atoms with E-state index in [0.717, 1.165) is 0 Å². The smallest absolute Gasteiger partial charge is 0.235 e. The van der Waals surface area contributed by atoms with Gasteiger partial charge in [0.25, 0.3) is 0 Å². The molecule has 1 aromatic carbocycles. The standard InChI is InChI=1S/C20H31N3O/c1-15(2)20(6,14-21)22-18(24)13-23(7)12-16-8-10-17(11-9-16)19(3,4)5/h8-11,15H,12-13H2,1-7H3,(H,22,24)/t20-/m0/s1. The number of nitrogens with one attached hydrogen (secondary N) is 1. The molecule has 1 aromatic rings. The number of benzene rings is 1. The lowest BCUT2D eigenvalue weighted by Crippen LogP contribution is -2.51. The Kier molecular flexibility index (Phi) is 6.57. The quantitative estimate of drug-likeness (QED) is 0.869. The summed E-state index contributed by atoms with van der Waals surface area (Å²) in [6.45, 7) is 13.2. The van der Waals surface area contributed by atoms with Crippen LogP contribution < -0.4 is 5.32 Å². The fourth-order valence-corrected chi connectivity index (χ4v) is 2.35. The number of nitriles is 1. The number of nitrogens with zero attached hydrogens (tertiary/aromatic N) is 2. The molecule has 4 nitrogen and oxygen atoms in total. The Morgan fingerprint density at radius 2 is 1.75 bits per heavy atom. The molecule has 0 unspecified atom stereocenters. The zero-order chi connectivity index (χ0) is 18.5. The molecule has 0 saturated heterocycles. The highest BCUT2D eigenvalue weighted by molar-refractivity contribution is 5.79. The zero-order valence-corrected chi connectivity index (χ0v) is 16.1. The number of hydrogen-bond donors (Lipinski definition) is 1. The molecular formula is C20H31N3O. The molecule has 24 heavy (non-hydrogen) atoms. The van der Waals surface area contributed by atoms with Crippen molar-refractivity contribution in [2.45, 2.75) is 59.0 Å². The van der Waals surface area contributed by atoms with Crippen LogP contribution in [0.3, 0.4) is 0 Å². The van der Waals surface area contributed by atoms with Gasteiger partial charge in [-0.25, -0.2) is 0 Å². The summed E-state index contributed by atoms with van der Waals surface area (Å²) in [5.41, 5.74) is 1.79. The van der Waals surface area contributed by atoms with Crippen LogP contribution in [0.5, 0.6) is 0 Å². The fraction of sp³-hybridized carbons (Fsp3) is 0.600. The van der Waals surface area contributed by atoms with E-state index in [1.54, 1.807) is 6.92 Å². The van der Waals surface area contributed by atoms with Gasteiger partial charge in [-0.3, -0.25) is 9.69 Å². The number of carbonyl (C=O) groups is 1. The van der Waals surface area contributed by atoms with Gasteiger partial charge in [0, 0.05) is 6.54 Å². The average Bonchev–Trinajstić information content (AvgIpc) is 2.46. The van der Waals surface area contributed by atoms with Gasteiger partial charge in [0.2, 0.25) is 5.91 Å². The minimum Gasteiger partial charge on any atom is -0.337 e. The highest BCUT2D eigenvalue weighted by atomic mass is 16.2. The Bertz CT molecular complexity index is 593. The first-order chi connectivity index (χ1) is 11.0. The summed E-state index contributed by atoms with van der Waals surface area (Å²) in [5.74, 6) is -0.0664. The van der Waals surface area contributed by atoms with Crippen LogP contribution in [-0.4, -0.2) is 29.9 Å². The van der Waals surface area contributed by atoms with Gasteiger partial charge in [-0.1, -0.05) is 58.9 Å². The summed E-state index contributed by atoms with van der Waals surface area (Å²) >= 11 is 0. The lowest BCUT2D eigenvalue weighted by molar-refractivity contribution is -0.123. The molecule has 1 rings (SSSR count). The van der Waals surface area contributed by atoms with Crippen molar-refractivity contribution < 1.29 is 4.79 Å². The van der Waals surface area contributed by atoms with Crippen molar-refractivity contribution >= 4 is 5.91 Å². The van der Waals surface area contributed by atoms with Crippen molar-refractivity contribution in [1.29, 1.82) is 5.26 Å². The van der Waals surface area contributed by atoms with Gasteiger partial charge in [0.1, 0.15) is 5.54 Å². The Balaban J connectivity index is 2.62. The van der Waals surface area contributed by atoms with E-state index >= 15 is 0 Å². The summed E-state index contributed by atoms with van der Waals surface area (Å²) in [6, 6.07) is 10.7. The topological polar surface area (TPSA) is 56.1 Å². The molecule has 1 N–H and O–H groups in total. The van der Waals surface area contributed by atoms with Crippen LogP contribution in [0, 0.1) is 17.2 Å². The predicted molar refractivity (Wildman–Crippen MR) is 98.5 cm³/mol. The van der Waals surface area contributed by atoms with Gasteiger partial charge in [-0.15, -0.1) is 0 Å². The van der Waals surface area contributed by atoms with Gasteiger partial charge in [0.05, 0.1) is 12.6 Å². The van der Waals surface area contributed by atoms with Crippen molar-refractivity contribution in [2.75, 3.05) is 13.6 Å². The fourth-order valence-electron chi connectivity index (χ4n) is 2.35. The van der Waals surface area contributed by atoms with E-state index in [1.807, 2.05) is 25.8 Å². The van der Waals surface area contributed by atoms with Crippen molar-refractivity contribution in [1.82, 2.24) is 10.2 Å². The molecule has 1 amide bonds. The molecule has 0 bridgehead atoms. The maximum absolute atomic E-state index is 12.2. The zero-order valence-electron chi connectivity index (χ0n) is 16.1. The lowest BCUT2D eigenvalue weighted by atomic mass is 9.87. The van der Waals surface area contributed by atoms with E-state index in [2.05, 4.69) is 56.4 Å². The van der Waals surface area contributed by atoms with Gasteiger partial charge in [0.15, 0.2) is 0 Å². The Morgan fingerprint density at radius 3 is 2.17 bits per heavy atom. The molecule has 0 aliphatic carbocycles. The molecule has 132 valence electrons. The number of amides is 1. The van der Waals surface area contributed by atoms with Gasteiger partial charge < -0.3 is 5.32 Å². The predicted octanol–water partition coefficient (Wildman–Crippen LogP) is 3.47. The van der Waals surface area contributed by atoms with Gasteiger partial charge in [-0.05, 0) is 36.4 Å². The molecule has 0 heterocycles.